The zero-order valence-electron chi connectivity index (χ0n) is 9.61. The summed E-state index contributed by atoms with van der Waals surface area (Å²) in [5.41, 5.74) is 6.06. The summed E-state index contributed by atoms with van der Waals surface area (Å²) >= 11 is 3.32. The van der Waals surface area contributed by atoms with Crippen LogP contribution in [0.2, 0.25) is 0 Å². The number of benzene rings is 1. The highest BCUT2D eigenvalue weighted by atomic mass is 79.9. The van der Waals surface area contributed by atoms with Crippen LogP contribution in [0.3, 0.4) is 0 Å². The number of aliphatic hydroxyl groups is 1. The summed E-state index contributed by atoms with van der Waals surface area (Å²) in [4.78, 5) is 13.9. The van der Waals surface area contributed by atoms with Crippen LogP contribution in [-0.4, -0.2) is 34.6 Å². The van der Waals surface area contributed by atoms with Crippen molar-refractivity contribution in [3.63, 3.8) is 0 Å². The van der Waals surface area contributed by atoms with Crippen molar-refractivity contribution >= 4 is 27.5 Å². The van der Waals surface area contributed by atoms with E-state index in [-0.39, 0.29) is 5.91 Å². The van der Waals surface area contributed by atoms with E-state index in [0.717, 1.165) is 0 Å². The zero-order chi connectivity index (χ0) is 12.6. The molecule has 1 saturated heterocycles. The second-order valence-corrected chi connectivity index (χ2v) is 5.48. The first-order valence-corrected chi connectivity index (χ1v) is 6.26. The second-order valence-electron chi connectivity index (χ2n) is 4.68. The lowest BCUT2D eigenvalue weighted by atomic mass is 10.1. The minimum atomic E-state index is -0.775. The van der Waals surface area contributed by atoms with Crippen molar-refractivity contribution in [3.05, 3.63) is 28.2 Å². The number of likely N-dealkylation sites (tertiary alicyclic amines) is 1. The van der Waals surface area contributed by atoms with Gasteiger partial charge in [-0.2, -0.15) is 0 Å². The molecule has 1 atom stereocenters. The van der Waals surface area contributed by atoms with Gasteiger partial charge < -0.3 is 15.7 Å². The third-order valence-corrected chi connectivity index (χ3v) is 3.88. The Hall–Kier alpha value is -1.07. The van der Waals surface area contributed by atoms with Crippen molar-refractivity contribution in [2.24, 2.45) is 0 Å². The van der Waals surface area contributed by atoms with Gasteiger partial charge in [-0.15, -0.1) is 0 Å². The van der Waals surface area contributed by atoms with Gasteiger partial charge >= 0.3 is 0 Å². The number of rotatable bonds is 1. The lowest BCUT2D eigenvalue weighted by Gasteiger charge is -2.19. The van der Waals surface area contributed by atoms with Gasteiger partial charge in [0, 0.05) is 18.8 Å². The predicted octanol–water partition coefficient (Wildman–Crippen LogP) is 1.63. The molecule has 1 aliphatic heterocycles. The van der Waals surface area contributed by atoms with Crippen LogP contribution >= 0.6 is 15.9 Å². The van der Waals surface area contributed by atoms with E-state index in [2.05, 4.69) is 15.9 Å². The summed E-state index contributed by atoms with van der Waals surface area (Å²) in [5.74, 6) is -0.0954. The van der Waals surface area contributed by atoms with Crippen molar-refractivity contribution in [1.29, 1.82) is 0 Å². The second kappa shape index (κ2) is 4.31. The van der Waals surface area contributed by atoms with Gasteiger partial charge in [0.15, 0.2) is 0 Å². The molecule has 0 saturated carbocycles. The molecule has 1 aliphatic rings. The monoisotopic (exact) mass is 298 g/mol. The molecule has 1 aromatic carbocycles. The third-order valence-electron chi connectivity index (χ3n) is 3.00. The van der Waals surface area contributed by atoms with Crippen LogP contribution in [0.1, 0.15) is 23.7 Å². The number of halogens is 1. The maximum Gasteiger partial charge on any atom is 0.255 e. The highest BCUT2D eigenvalue weighted by Gasteiger charge is 2.34. The fourth-order valence-corrected chi connectivity index (χ4v) is 2.44. The quantitative estimate of drug-likeness (QED) is 0.775. The molecule has 1 amide bonds. The van der Waals surface area contributed by atoms with Gasteiger partial charge in [-0.3, -0.25) is 4.79 Å². The Bertz CT molecular complexity index is 460. The first kappa shape index (κ1) is 12.4. The number of anilines is 1. The van der Waals surface area contributed by atoms with Crippen molar-refractivity contribution in [3.8, 4) is 0 Å². The Kier molecular flexibility index (Phi) is 3.14. The summed E-state index contributed by atoms with van der Waals surface area (Å²) in [5, 5.41) is 9.85. The summed E-state index contributed by atoms with van der Waals surface area (Å²) in [6.07, 6.45) is 0.610. The van der Waals surface area contributed by atoms with E-state index in [9.17, 15) is 9.90 Å². The number of hydrogen-bond donors (Lipinski definition) is 2. The standard InChI is InChI=1S/C12H15BrN2O2/c1-12(17)5-6-15(7-12)11(16)8-3-2-4-9(14)10(8)13/h2-4,17H,5-7,14H2,1H3. The Balaban J connectivity index is 2.24. The Morgan fingerprint density at radius 2 is 2.29 bits per heavy atom. The Morgan fingerprint density at radius 1 is 1.59 bits per heavy atom. The normalized spacial score (nSPS) is 24.1. The molecule has 17 heavy (non-hydrogen) atoms. The van der Waals surface area contributed by atoms with Crippen LogP contribution in [0, 0.1) is 0 Å². The smallest absolute Gasteiger partial charge is 0.255 e. The SMILES string of the molecule is CC1(O)CCN(C(=O)c2cccc(N)c2Br)C1. The van der Waals surface area contributed by atoms with Crippen LogP contribution in [0.5, 0.6) is 0 Å². The van der Waals surface area contributed by atoms with E-state index < -0.39 is 5.60 Å². The number of β-amino-alcohol motifs (C(OH)–C–C–N with tert-alkyl or cyclic N) is 1. The minimum Gasteiger partial charge on any atom is -0.398 e. The van der Waals surface area contributed by atoms with Gasteiger partial charge in [0.2, 0.25) is 0 Å². The molecule has 0 radical (unpaired) electrons. The van der Waals surface area contributed by atoms with Crippen molar-refractivity contribution in [1.82, 2.24) is 4.90 Å². The molecule has 1 fully saturated rings. The van der Waals surface area contributed by atoms with Gasteiger partial charge in [-0.1, -0.05) is 6.07 Å². The van der Waals surface area contributed by atoms with Crippen LogP contribution in [-0.2, 0) is 0 Å². The zero-order valence-corrected chi connectivity index (χ0v) is 11.2. The van der Waals surface area contributed by atoms with Gasteiger partial charge in [-0.05, 0) is 41.4 Å². The van der Waals surface area contributed by atoms with Crippen LogP contribution in [0.4, 0.5) is 5.69 Å². The molecule has 1 aromatic rings. The average Bonchev–Trinajstić information content (AvgIpc) is 2.62. The van der Waals surface area contributed by atoms with E-state index in [1.807, 2.05) is 0 Å². The molecule has 2 rings (SSSR count). The fourth-order valence-electron chi connectivity index (χ4n) is 2.00. The molecule has 1 unspecified atom stereocenters. The molecular formula is C12H15BrN2O2. The van der Waals surface area contributed by atoms with E-state index in [4.69, 9.17) is 5.73 Å². The molecule has 92 valence electrons. The molecule has 0 aromatic heterocycles. The topological polar surface area (TPSA) is 66.6 Å². The Morgan fingerprint density at radius 3 is 2.88 bits per heavy atom. The first-order chi connectivity index (χ1) is 7.91. The molecule has 3 N–H and O–H groups in total. The summed E-state index contributed by atoms with van der Waals surface area (Å²) in [6, 6.07) is 5.22. The number of nitrogens with two attached hydrogens (primary N) is 1. The third kappa shape index (κ3) is 2.45. The largest absolute Gasteiger partial charge is 0.398 e. The minimum absolute atomic E-state index is 0.0954. The van der Waals surface area contributed by atoms with Crippen LogP contribution in [0.25, 0.3) is 0 Å². The lowest BCUT2D eigenvalue weighted by molar-refractivity contribution is 0.0571. The molecule has 4 nitrogen and oxygen atoms in total. The summed E-state index contributed by atoms with van der Waals surface area (Å²) in [6.45, 7) is 2.69. The number of carbonyl (C=O) groups is 1. The average molecular weight is 299 g/mol. The maximum absolute atomic E-state index is 12.2. The van der Waals surface area contributed by atoms with Gasteiger partial charge in [0.25, 0.3) is 5.91 Å². The van der Waals surface area contributed by atoms with E-state index >= 15 is 0 Å². The van der Waals surface area contributed by atoms with E-state index in [1.165, 1.54) is 0 Å². The van der Waals surface area contributed by atoms with Gasteiger partial charge in [-0.25, -0.2) is 0 Å². The van der Waals surface area contributed by atoms with Crippen LogP contribution in [0.15, 0.2) is 22.7 Å². The Labute approximate surface area is 109 Å². The fraction of sp³-hybridized carbons (Fsp3) is 0.417. The molecule has 0 bridgehead atoms. The molecular weight excluding hydrogens is 284 g/mol. The number of nitrogen functional groups attached to an aromatic ring is 1. The highest BCUT2D eigenvalue weighted by molar-refractivity contribution is 9.10. The van der Waals surface area contributed by atoms with E-state index in [1.54, 1.807) is 30.0 Å². The number of carbonyl (C=O) groups excluding carboxylic acids is 1. The van der Waals surface area contributed by atoms with Crippen molar-refractivity contribution in [2.75, 3.05) is 18.8 Å². The van der Waals surface area contributed by atoms with Crippen LogP contribution < -0.4 is 5.73 Å². The van der Waals surface area contributed by atoms with Gasteiger partial charge in [0.1, 0.15) is 0 Å². The summed E-state index contributed by atoms with van der Waals surface area (Å²) in [7, 11) is 0. The highest BCUT2D eigenvalue weighted by Crippen LogP contribution is 2.28. The number of hydrogen-bond acceptors (Lipinski definition) is 3. The maximum atomic E-state index is 12.2. The molecule has 5 heteroatoms. The molecule has 1 heterocycles. The summed E-state index contributed by atoms with van der Waals surface area (Å²) < 4.78 is 0.622. The van der Waals surface area contributed by atoms with Crippen molar-refractivity contribution in [2.45, 2.75) is 18.9 Å². The first-order valence-electron chi connectivity index (χ1n) is 5.46. The van der Waals surface area contributed by atoms with Gasteiger partial charge in [0.05, 0.1) is 15.6 Å². The van der Waals surface area contributed by atoms with Crippen molar-refractivity contribution < 1.29 is 9.90 Å². The van der Waals surface area contributed by atoms with E-state index in [0.29, 0.717) is 35.2 Å². The lowest BCUT2D eigenvalue weighted by Crippen LogP contribution is -2.34. The number of amides is 1. The predicted molar refractivity (Wildman–Crippen MR) is 69.7 cm³/mol. The number of nitrogens with zero attached hydrogens (tertiary/aromatic N) is 1. The molecule has 0 aliphatic carbocycles. The molecule has 0 spiro atoms.